The molecule has 0 aliphatic heterocycles. The monoisotopic (exact) mass is 207 g/mol. The van der Waals surface area contributed by atoms with E-state index in [1.165, 1.54) is 7.11 Å². The number of esters is 2. The van der Waals surface area contributed by atoms with Crippen LogP contribution in [-0.4, -0.2) is 31.4 Å². The van der Waals surface area contributed by atoms with E-state index in [9.17, 15) is 14.5 Å². The van der Waals surface area contributed by atoms with E-state index in [1.54, 1.807) is 0 Å². The fourth-order valence-electron chi connectivity index (χ4n) is 0.582. The predicted octanol–water partition coefficient (Wildman–Crippen LogP) is 0.506. The highest BCUT2D eigenvalue weighted by atomic mass is 32.2. The number of carbonyl (C=O) groups is 2. The van der Waals surface area contributed by atoms with Crippen LogP contribution in [0.2, 0.25) is 0 Å². The molecule has 0 aromatic heterocycles. The predicted molar refractivity (Wildman–Crippen MR) is 45.8 cm³/mol. The molecule has 0 amide bonds. The van der Waals surface area contributed by atoms with Crippen LogP contribution in [0.15, 0.2) is 4.58 Å². The number of carbonyl (C=O) groups excluding carboxylic acids is 2. The van der Waals surface area contributed by atoms with Gasteiger partial charge >= 0.3 is 11.9 Å². The van der Waals surface area contributed by atoms with E-state index in [2.05, 4.69) is 14.1 Å². The minimum Gasteiger partial charge on any atom is -0.469 e. The summed E-state index contributed by atoms with van der Waals surface area (Å²) in [5, 5.41) is -0.921. The van der Waals surface area contributed by atoms with Gasteiger partial charge in [0, 0.05) is 16.5 Å². The molecule has 1 atom stereocenters. The van der Waals surface area contributed by atoms with E-state index >= 15 is 0 Å². The normalized spacial score (nSPS) is 11.5. The van der Waals surface area contributed by atoms with Crippen molar-refractivity contribution in [2.45, 2.75) is 11.7 Å². The molecule has 74 valence electrons. The summed E-state index contributed by atoms with van der Waals surface area (Å²) in [4.78, 5) is 31.5. The van der Waals surface area contributed by atoms with Crippen molar-refractivity contribution in [3.8, 4) is 0 Å². The van der Waals surface area contributed by atoms with Gasteiger partial charge < -0.3 is 9.47 Å². The Morgan fingerprint density at radius 2 is 2.00 bits per heavy atom. The van der Waals surface area contributed by atoms with Crippen molar-refractivity contribution in [3.05, 3.63) is 4.91 Å². The maximum atomic E-state index is 10.9. The Morgan fingerprint density at radius 3 is 2.38 bits per heavy atom. The lowest BCUT2D eigenvalue weighted by molar-refractivity contribution is -0.146. The van der Waals surface area contributed by atoms with E-state index in [-0.39, 0.29) is 6.42 Å². The number of rotatable bonds is 5. The SMILES string of the molecule is COC(=O)CC(SN=O)C(=O)OC. The second-order valence-electron chi connectivity index (χ2n) is 1.97. The van der Waals surface area contributed by atoms with E-state index in [0.29, 0.717) is 11.9 Å². The molecule has 0 fully saturated rings. The fraction of sp³-hybridized carbons (Fsp3) is 0.667. The number of hydrogen-bond acceptors (Lipinski definition) is 7. The van der Waals surface area contributed by atoms with Gasteiger partial charge in [-0.05, 0) is 0 Å². The molecule has 7 heteroatoms. The minimum absolute atomic E-state index is 0.223. The van der Waals surface area contributed by atoms with Gasteiger partial charge in [-0.1, -0.05) is 0 Å². The zero-order chi connectivity index (χ0) is 10.3. The Hall–Kier alpha value is -1.11. The van der Waals surface area contributed by atoms with Gasteiger partial charge in [-0.2, -0.15) is 0 Å². The van der Waals surface area contributed by atoms with E-state index in [0.717, 1.165) is 7.11 Å². The first-order valence-electron chi connectivity index (χ1n) is 3.28. The zero-order valence-corrected chi connectivity index (χ0v) is 8.00. The largest absolute Gasteiger partial charge is 0.469 e. The maximum Gasteiger partial charge on any atom is 0.321 e. The molecule has 0 radical (unpaired) electrons. The number of hydrogen-bond donors (Lipinski definition) is 0. The van der Waals surface area contributed by atoms with Crippen LogP contribution in [-0.2, 0) is 19.1 Å². The molecule has 0 N–H and O–H groups in total. The van der Waals surface area contributed by atoms with Crippen LogP contribution in [0, 0.1) is 4.91 Å². The molecule has 0 heterocycles. The van der Waals surface area contributed by atoms with Crippen LogP contribution in [0.1, 0.15) is 6.42 Å². The van der Waals surface area contributed by atoms with Gasteiger partial charge in [0.05, 0.1) is 20.6 Å². The molecule has 13 heavy (non-hydrogen) atoms. The molecular formula is C6H9NO5S. The van der Waals surface area contributed by atoms with Crippen molar-refractivity contribution >= 4 is 23.9 Å². The maximum absolute atomic E-state index is 10.9. The highest BCUT2D eigenvalue weighted by molar-refractivity contribution is 7.99. The smallest absolute Gasteiger partial charge is 0.321 e. The quantitative estimate of drug-likeness (QED) is 0.371. The van der Waals surface area contributed by atoms with Crippen molar-refractivity contribution < 1.29 is 19.1 Å². The third-order valence-electron chi connectivity index (χ3n) is 1.21. The molecule has 1 unspecified atom stereocenters. The second-order valence-corrected chi connectivity index (χ2v) is 2.90. The Morgan fingerprint density at radius 1 is 1.38 bits per heavy atom. The Bertz CT molecular complexity index is 207. The molecule has 0 saturated heterocycles. The molecule has 0 aliphatic rings. The summed E-state index contributed by atoms with van der Waals surface area (Å²) < 4.78 is 11.1. The Kier molecular flexibility index (Phi) is 5.86. The lowest BCUT2D eigenvalue weighted by Gasteiger charge is -2.07. The summed E-state index contributed by atoms with van der Waals surface area (Å²) in [5.74, 6) is -1.26. The van der Waals surface area contributed by atoms with Crippen molar-refractivity contribution in [1.29, 1.82) is 0 Å². The molecule has 0 spiro atoms. The first kappa shape index (κ1) is 11.9. The van der Waals surface area contributed by atoms with Crippen molar-refractivity contribution in [3.63, 3.8) is 0 Å². The first-order chi connectivity index (χ1) is 6.15. The van der Waals surface area contributed by atoms with E-state index in [4.69, 9.17) is 0 Å². The average molecular weight is 207 g/mol. The van der Waals surface area contributed by atoms with Gasteiger partial charge in [-0.15, -0.1) is 4.91 Å². The summed E-state index contributed by atoms with van der Waals surface area (Å²) in [6.07, 6.45) is -0.223. The van der Waals surface area contributed by atoms with E-state index < -0.39 is 17.2 Å². The van der Waals surface area contributed by atoms with Crippen LogP contribution in [0.25, 0.3) is 0 Å². The second kappa shape index (κ2) is 6.41. The van der Waals surface area contributed by atoms with Gasteiger partial charge in [0.2, 0.25) is 0 Å². The molecule has 6 nitrogen and oxygen atoms in total. The standard InChI is InChI=1S/C6H9NO5S/c1-11-5(8)3-4(13-7-10)6(9)12-2/h4H,3H2,1-2H3. The van der Waals surface area contributed by atoms with Crippen LogP contribution in [0.3, 0.4) is 0 Å². The lowest BCUT2D eigenvalue weighted by Crippen LogP contribution is -2.22. The number of nitroso groups, excluding NO2 is 1. The van der Waals surface area contributed by atoms with Crippen LogP contribution < -0.4 is 0 Å². The van der Waals surface area contributed by atoms with Crippen molar-refractivity contribution in [2.24, 2.45) is 4.58 Å². The van der Waals surface area contributed by atoms with Gasteiger partial charge in [0.15, 0.2) is 0 Å². The molecule has 0 aromatic carbocycles. The third-order valence-corrected chi connectivity index (χ3v) is 1.91. The summed E-state index contributed by atoms with van der Waals surface area (Å²) in [6.45, 7) is 0. The van der Waals surface area contributed by atoms with Crippen LogP contribution >= 0.6 is 11.9 Å². The van der Waals surface area contributed by atoms with Gasteiger partial charge in [0.1, 0.15) is 5.25 Å². The molecule has 0 saturated carbocycles. The summed E-state index contributed by atoms with van der Waals surface area (Å²) >= 11 is 0.447. The molecule has 0 aliphatic carbocycles. The summed E-state index contributed by atoms with van der Waals surface area (Å²) in [5.41, 5.74) is 0. The minimum atomic E-state index is -0.921. The molecule has 0 bridgehead atoms. The highest BCUT2D eigenvalue weighted by Crippen LogP contribution is 2.17. The van der Waals surface area contributed by atoms with Crippen molar-refractivity contribution in [1.82, 2.24) is 0 Å². The Labute approximate surface area is 79.1 Å². The molecule has 0 aromatic rings. The first-order valence-corrected chi connectivity index (χ1v) is 4.12. The van der Waals surface area contributed by atoms with Crippen LogP contribution in [0.4, 0.5) is 0 Å². The molecular weight excluding hydrogens is 198 g/mol. The third kappa shape index (κ3) is 4.46. The summed E-state index contributed by atoms with van der Waals surface area (Å²) in [6, 6.07) is 0. The Balaban J connectivity index is 4.16. The van der Waals surface area contributed by atoms with Gasteiger partial charge in [0.25, 0.3) is 0 Å². The van der Waals surface area contributed by atoms with Crippen molar-refractivity contribution in [2.75, 3.05) is 14.2 Å². The highest BCUT2D eigenvalue weighted by Gasteiger charge is 2.24. The summed E-state index contributed by atoms with van der Waals surface area (Å²) in [7, 11) is 2.35. The lowest BCUT2D eigenvalue weighted by atomic mass is 10.3. The zero-order valence-electron chi connectivity index (χ0n) is 7.18. The molecule has 0 rings (SSSR count). The number of nitrogens with zero attached hydrogens (tertiary/aromatic N) is 1. The van der Waals surface area contributed by atoms with Gasteiger partial charge in [-0.3, -0.25) is 9.59 Å². The van der Waals surface area contributed by atoms with Gasteiger partial charge in [-0.25, -0.2) is 0 Å². The van der Waals surface area contributed by atoms with E-state index in [1.807, 2.05) is 0 Å². The number of methoxy groups -OCH3 is 2. The fourth-order valence-corrected chi connectivity index (χ4v) is 1.08. The van der Waals surface area contributed by atoms with Crippen LogP contribution in [0.5, 0.6) is 0 Å². The number of ether oxygens (including phenoxy) is 2. The topological polar surface area (TPSA) is 82.0 Å². The average Bonchev–Trinajstić information content (AvgIpc) is 2.15.